The molecule has 7 heteroatoms. The lowest BCUT2D eigenvalue weighted by molar-refractivity contribution is -0.141. The molecule has 3 amide bonds. The third-order valence-electron chi connectivity index (χ3n) is 10.5. The van der Waals surface area contributed by atoms with E-state index in [4.69, 9.17) is 4.74 Å². The van der Waals surface area contributed by atoms with Gasteiger partial charge in [-0.15, -0.1) is 0 Å². The summed E-state index contributed by atoms with van der Waals surface area (Å²) in [5, 5.41) is 6.38. The number of ether oxygens (including phenoxy) is 1. The number of nitrogens with zero attached hydrogens (tertiary/aromatic N) is 1. The number of carbonyl (C=O) groups excluding carboxylic acids is 3. The smallest absolute Gasteiger partial charge is 0.246 e. The predicted octanol–water partition coefficient (Wildman–Crippen LogP) is 4.88. The van der Waals surface area contributed by atoms with E-state index in [1.54, 1.807) is 4.90 Å². The van der Waals surface area contributed by atoms with Crippen LogP contribution in [-0.2, 0) is 25.5 Å². The Morgan fingerprint density at radius 3 is 2.50 bits per heavy atom. The van der Waals surface area contributed by atoms with E-state index in [9.17, 15) is 14.4 Å². The van der Waals surface area contributed by atoms with Gasteiger partial charge in [0.05, 0.1) is 17.9 Å². The van der Waals surface area contributed by atoms with Crippen molar-refractivity contribution in [3.05, 3.63) is 76.9 Å². The maximum Gasteiger partial charge on any atom is 0.246 e. The van der Waals surface area contributed by atoms with E-state index in [2.05, 4.69) is 48.7 Å². The number of rotatable bonds is 7. The zero-order chi connectivity index (χ0) is 29.8. The van der Waals surface area contributed by atoms with Gasteiger partial charge < -0.3 is 20.3 Å². The lowest BCUT2D eigenvalue weighted by Gasteiger charge is -2.38. The second-order valence-corrected chi connectivity index (χ2v) is 13.1. The van der Waals surface area contributed by atoms with Gasteiger partial charge in [0.25, 0.3) is 0 Å². The lowest BCUT2D eigenvalue weighted by Crippen LogP contribution is -2.58. The van der Waals surface area contributed by atoms with Gasteiger partial charge >= 0.3 is 0 Å². The zero-order valence-electron chi connectivity index (χ0n) is 25.4. The molecule has 2 aromatic rings. The first-order valence-electron chi connectivity index (χ1n) is 15.5. The van der Waals surface area contributed by atoms with Gasteiger partial charge in [-0.25, -0.2) is 0 Å². The van der Waals surface area contributed by atoms with Gasteiger partial charge in [-0.05, 0) is 74.3 Å². The largest absolute Gasteiger partial charge is 0.359 e. The van der Waals surface area contributed by atoms with Gasteiger partial charge in [-0.3, -0.25) is 14.4 Å². The Hall–Kier alpha value is -3.45. The molecular weight excluding hydrogens is 526 g/mol. The van der Waals surface area contributed by atoms with E-state index in [1.807, 2.05) is 51.1 Å². The van der Waals surface area contributed by atoms with Crippen LogP contribution in [0.5, 0.6) is 0 Å². The van der Waals surface area contributed by atoms with E-state index in [-0.39, 0.29) is 23.8 Å². The number of hydrogen-bond acceptors (Lipinski definition) is 4. The molecule has 2 bridgehead atoms. The minimum Gasteiger partial charge on any atom is -0.359 e. The summed E-state index contributed by atoms with van der Waals surface area (Å²) in [7, 11) is 0. The monoisotopic (exact) mass is 569 g/mol. The van der Waals surface area contributed by atoms with E-state index < -0.39 is 29.6 Å². The maximum absolute atomic E-state index is 14.3. The molecule has 8 atom stereocenters. The molecule has 1 spiro atoms. The fourth-order valence-corrected chi connectivity index (χ4v) is 7.60. The molecule has 6 unspecified atom stereocenters. The molecule has 0 radical (unpaired) electrons. The molecule has 4 aliphatic rings. The minimum atomic E-state index is -1.16. The Balaban J connectivity index is 1.30. The van der Waals surface area contributed by atoms with Gasteiger partial charge in [0.2, 0.25) is 17.7 Å². The molecule has 3 heterocycles. The number of benzene rings is 2. The topological polar surface area (TPSA) is 87.7 Å². The van der Waals surface area contributed by atoms with Crippen LogP contribution < -0.4 is 10.6 Å². The summed E-state index contributed by atoms with van der Waals surface area (Å²) >= 11 is 0. The highest BCUT2D eigenvalue weighted by Gasteiger charge is 2.72. The van der Waals surface area contributed by atoms with Gasteiger partial charge in [0.15, 0.2) is 0 Å². The summed E-state index contributed by atoms with van der Waals surface area (Å²) in [5.41, 5.74) is 4.03. The Morgan fingerprint density at radius 1 is 1.00 bits per heavy atom. The second kappa shape index (κ2) is 11.0. The Bertz CT molecular complexity index is 1420. The fraction of sp³-hybridized carbons (Fsp3) is 0.514. The van der Waals surface area contributed by atoms with Crippen molar-refractivity contribution < 1.29 is 19.1 Å². The number of fused-ring (bicyclic) bond motifs is 1. The number of nitrogens with one attached hydrogen (secondary N) is 2. The van der Waals surface area contributed by atoms with Gasteiger partial charge in [-0.2, -0.15) is 0 Å². The molecule has 0 aromatic heterocycles. The second-order valence-electron chi connectivity index (χ2n) is 13.1. The molecule has 2 aromatic carbocycles. The number of hydrogen-bond donors (Lipinski definition) is 2. The first kappa shape index (κ1) is 28.7. The first-order chi connectivity index (χ1) is 20.1. The molecule has 2 saturated heterocycles. The van der Waals surface area contributed by atoms with Gasteiger partial charge in [0, 0.05) is 18.3 Å². The van der Waals surface area contributed by atoms with Crippen molar-refractivity contribution in [3.63, 3.8) is 0 Å². The minimum absolute atomic E-state index is 0.0530. The van der Waals surface area contributed by atoms with Crippen molar-refractivity contribution in [1.82, 2.24) is 10.2 Å². The highest BCUT2D eigenvalue weighted by atomic mass is 16.5. The van der Waals surface area contributed by atoms with Crippen LogP contribution in [0.4, 0.5) is 5.69 Å². The summed E-state index contributed by atoms with van der Waals surface area (Å²) in [6.45, 7) is 10.9. The van der Waals surface area contributed by atoms with Crippen LogP contribution in [0.25, 0.3) is 0 Å². The number of aryl methyl sites for hydroxylation is 3. The summed E-state index contributed by atoms with van der Waals surface area (Å²) in [6.07, 6.45) is 7.00. The molecule has 42 heavy (non-hydrogen) atoms. The summed E-state index contributed by atoms with van der Waals surface area (Å²) in [6, 6.07) is 13.3. The number of anilines is 1. The van der Waals surface area contributed by atoms with Gasteiger partial charge in [-0.1, -0.05) is 74.7 Å². The van der Waals surface area contributed by atoms with Crippen molar-refractivity contribution >= 4 is 23.4 Å². The molecule has 3 aliphatic heterocycles. The number of carbonyl (C=O) groups is 3. The van der Waals surface area contributed by atoms with Gasteiger partial charge in [0.1, 0.15) is 11.6 Å². The maximum atomic E-state index is 14.3. The fourth-order valence-electron chi connectivity index (χ4n) is 7.60. The average molecular weight is 570 g/mol. The Labute approximate surface area is 249 Å². The first-order valence-corrected chi connectivity index (χ1v) is 15.5. The summed E-state index contributed by atoms with van der Waals surface area (Å²) in [4.78, 5) is 44.0. The molecular formula is C35H43N3O4. The predicted molar refractivity (Wildman–Crippen MR) is 163 cm³/mol. The lowest BCUT2D eigenvalue weighted by atomic mass is 9.73. The molecule has 2 N–H and O–H groups in total. The van der Waals surface area contributed by atoms with Crippen LogP contribution in [0.15, 0.2) is 54.6 Å². The standard InChI is InChI=1S/C35H43N3O4/c1-20-9-12-25(13-10-20)16-18-38-31(33(40)37-27-8-6-7-22(3)24(27)5)35-17-15-28(42-35)29(30(35)34(38)41)32(39)36-26-14-11-21(2)23(4)19-26/h9-15,17,19,22,24,27-31H,6-8,16,18H2,1-5H3,(H,36,39)(H,37,40)/t22?,24?,27?,28-,29?,30-,31?,35?/m0/s1. The van der Waals surface area contributed by atoms with Crippen LogP contribution in [0.1, 0.15) is 55.4 Å². The van der Waals surface area contributed by atoms with Crippen LogP contribution >= 0.6 is 0 Å². The molecule has 222 valence electrons. The van der Waals surface area contributed by atoms with Crippen molar-refractivity contribution in [2.24, 2.45) is 23.7 Å². The van der Waals surface area contributed by atoms with Crippen molar-refractivity contribution in [1.29, 1.82) is 0 Å². The SMILES string of the molecule is Cc1ccc(CCN2C(=O)[C@@H]3C(C(=O)Nc4ccc(C)c(C)c4)[C@@H]4C=CC3(O4)C2C(=O)NC2CCCC(C)C2C)cc1. The van der Waals surface area contributed by atoms with Crippen LogP contribution in [-0.4, -0.2) is 53.0 Å². The normalized spacial score (nSPS) is 33.1. The van der Waals surface area contributed by atoms with E-state index in [0.29, 0.717) is 30.5 Å². The highest BCUT2D eigenvalue weighted by molar-refractivity contribution is 6.02. The molecule has 7 nitrogen and oxygen atoms in total. The van der Waals surface area contributed by atoms with E-state index in [0.717, 1.165) is 36.0 Å². The number of likely N-dealkylation sites (tertiary alicyclic amines) is 1. The van der Waals surface area contributed by atoms with Crippen molar-refractivity contribution in [2.45, 2.75) is 84.1 Å². The van der Waals surface area contributed by atoms with Crippen LogP contribution in [0.2, 0.25) is 0 Å². The third kappa shape index (κ3) is 4.85. The molecule has 6 rings (SSSR count). The third-order valence-corrected chi connectivity index (χ3v) is 10.5. The Kier molecular flexibility index (Phi) is 7.50. The summed E-state index contributed by atoms with van der Waals surface area (Å²) < 4.78 is 6.54. The summed E-state index contributed by atoms with van der Waals surface area (Å²) in [5.74, 6) is -1.20. The highest BCUT2D eigenvalue weighted by Crippen LogP contribution is 2.55. The van der Waals surface area contributed by atoms with Crippen LogP contribution in [0.3, 0.4) is 0 Å². The number of amides is 3. The molecule has 1 saturated carbocycles. The van der Waals surface area contributed by atoms with Crippen LogP contribution in [0, 0.1) is 44.4 Å². The zero-order valence-corrected chi connectivity index (χ0v) is 25.4. The van der Waals surface area contributed by atoms with Crippen molar-refractivity contribution in [2.75, 3.05) is 11.9 Å². The van der Waals surface area contributed by atoms with Crippen molar-refractivity contribution in [3.8, 4) is 0 Å². The molecule has 3 fully saturated rings. The Morgan fingerprint density at radius 2 is 1.76 bits per heavy atom. The van der Waals surface area contributed by atoms with E-state index >= 15 is 0 Å². The van der Waals surface area contributed by atoms with E-state index in [1.165, 1.54) is 5.56 Å². The quantitative estimate of drug-likeness (QED) is 0.465. The average Bonchev–Trinajstić information content (AvgIpc) is 3.60. The molecule has 1 aliphatic carbocycles.